The number of carbonyl (C=O) groups excluding carboxylic acids is 1. The van der Waals surface area contributed by atoms with Gasteiger partial charge in [-0.15, -0.1) is 0 Å². The Morgan fingerprint density at radius 1 is 1.69 bits per heavy atom. The van der Waals surface area contributed by atoms with E-state index in [-0.39, 0.29) is 5.91 Å². The Balaban J connectivity index is 3.03. The topological polar surface area (TPSA) is 59.2 Å². The molecule has 0 unspecified atom stereocenters. The van der Waals surface area contributed by atoms with Crippen LogP contribution < -0.4 is 10.6 Å². The highest BCUT2D eigenvalue weighted by Gasteiger charge is 2.08. The first-order valence-electron chi connectivity index (χ1n) is 3.67. The fraction of sp³-hybridized carbons (Fsp3) is 0.250. The van der Waals surface area contributed by atoms with Crippen molar-refractivity contribution in [2.45, 2.75) is 6.92 Å². The Bertz CT molecular complexity index is 340. The summed E-state index contributed by atoms with van der Waals surface area (Å²) in [7, 11) is 1.62. The van der Waals surface area contributed by atoms with Crippen LogP contribution in [0.15, 0.2) is 12.3 Å². The molecule has 1 aromatic heterocycles. The minimum atomic E-state index is -0.103. The van der Waals surface area contributed by atoms with Gasteiger partial charge in [-0.05, 0) is 0 Å². The second-order valence-corrected chi connectivity index (χ2v) is 3.05. The van der Waals surface area contributed by atoms with Gasteiger partial charge in [0.05, 0.1) is 16.9 Å². The van der Waals surface area contributed by atoms with Crippen molar-refractivity contribution in [1.82, 2.24) is 4.98 Å². The lowest BCUT2D eigenvalue weighted by Gasteiger charge is -2.13. The zero-order chi connectivity index (χ0) is 10.0. The van der Waals surface area contributed by atoms with Crippen molar-refractivity contribution in [2.24, 2.45) is 0 Å². The number of aromatic nitrogens is 1. The molecule has 0 bridgehead atoms. The van der Waals surface area contributed by atoms with E-state index in [1.165, 1.54) is 18.0 Å². The van der Waals surface area contributed by atoms with Gasteiger partial charge in [-0.25, -0.2) is 4.98 Å². The number of amides is 1. The number of nitrogen functional groups attached to an aromatic ring is 1. The van der Waals surface area contributed by atoms with Gasteiger partial charge in [-0.1, -0.05) is 11.6 Å². The summed E-state index contributed by atoms with van der Waals surface area (Å²) in [6.07, 6.45) is 1.43. The summed E-state index contributed by atoms with van der Waals surface area (Å²) in [5, 5.41) is 0.401. The van der Waals surface area contributed by atoms with E-state index in [2.05, 4.69) is 4.98 Å². The number of rotatable bonds is 1. The molecule has 2 N–H and O–H groups in total. The molecule has 0 spiro atoms. The molecular formula is C8H10ClN3O. The summed E-state index contributed by atoms with van der Waals surface area (Å²) in [4.78, 5) is 16.3. The molecule has 0 aromatic carbocycles. The molecule has 1 heterocycles. The maximum Gasteiger partial charge on any atom is 0.224 e. The van der Waals surface area contributed by atoms with Crippen molar-refractivity contribution < 1.29 is 4.79 Å². The number of nitrogens with zero attached hydrogens (tertiary/aromatic N) is 2. The van der Waals surface area contributed by atoms with Crippen molar-refractivity contribution >= 4 is 29.0 Å². The molecule has 1 rings (SSSR count). The van der Waals surface area contributed by atoms with E-state index >= 15 is 0 Å². The Labute approximate surface area is 81.3 Å². The number of hydrogen-bond acceptors (Lipinski definition) is 3. The first-order chi connectivity index (χ1) is 6.02. The molecule has 70 valence electrons. The Kier molecular flexibility index (Phi) is 2.72. The van der Waals surface area contributed by atoms with Gasteiger partial charge in [0.2, 0.25) is 5.91 Å². The number of pyridine rings is 1. The number of nitrogens with two attached hydrogens (primary N) is 1. The molecule has 0 saturated heterocycles. The summed E-state index contributed by atoms with van der Waals surface area (Å²) in [6, 6.07) is 1.55. The molecule has 0 saturated carbocycles. The lowest BCUT2D eigenvalue weighted by Crippen LogP contribution is -2.23. The fourth-order valence-corrected chi connectivity index (χ4v) is 0.922. The summed E-state index contributed by atoms with van der Waals surface area (Å²) in [5.41, 5.74) is 5.87. The third kappa shape index (κ3) is 2.09. The van der Waals surface area contributed by atoms with Gasteiger partial charge in [-0.3, -0.25) is 4.79 Å². The molecule has 0 aliphatic heterocycles. The largest absolute Gasteiger partial charge is 0.396 e. The van der Waals surface area contributed by atoms with Gasteiger partial charge in [-0.2, -0.15) is 0 Å². The van der Waals surface area contributed by atoms with Crippen LogP contribution in [0.1, 0.15) is 6.92 Å². The van der Waals surface area contributed by atoms with Crippen molar-refractivity contribution in [3.05, 3.63) is 17.3 Å². The SMILES string of the molecule is CC(=O)N(C)c1cc(Cl)c(N)cn1. The van der Waals surface area contributed by atoms with Gasteiger partial charge in [0.1, 0.15) is 5.82 Å². The Morgan fingerprint density at radius 3 is 2.77 bits per heavy atom. The minimum Gasteiger partial charge on any atom is -0.396 e. The van der Waals surface area contributed by atoms with Gasteiger partial charge >= 0.3 is 0 Å². The van der Waals surface area contributed by atoms with Gasteiger partial charge in [0, 0.05) is 20.0 Å². The highest BCUT2D eigenvalue weighted by atomic mass is 35.5. The molecule has 1 aromatic rings. The van der Waals surface area contributed by atoms with Crippen molar-refractivity contribution in [2.75, 3.05) is 17.7 Å². The summed E-state index contributed by atoms with van der Waals surface area (Å²) >= 11 is 5.76. The predicted molar refractivity (Wildman–Crippen MR) is 52.7 cm³/mol. The van der Waals surface area contributed by atoms with E-state index in [1.807, 2.05) is 0 Å². The smallest absolute Gasteiger partial charge is 0.224 e. The standard InChI is InChI=1S/C8H10ClN3O/c1-5(13)12(2)8-3-6(9)7(10)4-11-8/h3-4H,10H2,1-2H3. The molecule has 0 aliphatic carbocycles. The third-order valence-electron chi connectivity index (χ3n) is 1.68. The van der Waals surface area contributed by atoms with Crippen molar-refractivity contribution in [3.8, 4) is 0 Å². The predicted octanol–water partition coefficient (Wildman–Crippen LogP) is 1.30. The Hall–Kier alpha value is -1.29. The lowest BCUT2D eigenvalue weighted by molar-refractivity contribution is -0.116. The third-order valence-corrected chi connectivity index (χ3v) is 2.01. The van der Waals surface area contributed by atoms with E-state index in [9.17, 15) is 4.79 Å². The van der Waals surface area contributed by atoms with Gasteiger partial charge in [0.15, 0.2) is 0 Å². The van der Waals surface area contributed by atoms with E-state index in [4.69, 9.17) is 17.3 Å². The molecule has 0 atom stereocenters. The van der Waals surface area contributed by atoms with Crippen LogP contribution in [0, 0.1) is 0 Å². The molecule has 1 amide bonds. The minimum absolute atomic E-state index is 0.103. The fourth-order valence-electron chi connectivity index (χ4n) is 0.776. The summed E-state index contributed by atoms with van der Waals surface area (Å²) < 4.78 is 0. The van der Waals surface area contributed by atoms with Crippen LogP contribution >= 0.6 is 11.6 Å². The van der Waals surface area contributed by atoms with Crippen LogP contribution in [0.25, 0.3) is 0 Å². The number of anilines is 2. The van der Waals surface area contributed by atoms with Gasteiger partial charge < -0.3 is 10.6 Å². The summed E-state index contributed by atoms with van der Waals surface area (Å²) in [6.45, 7) is 1.45. The van der Waals surface area contributed by atoms with Gasteiger partial charge in [0.25, 0.3) is 0 Å². The first kappa shape index (κ1) is 9.80. The van der Waals surface area contributed by atoms with Crippen LogP contribution in [0.5, 0.6) is 0 Å². The monoisotopic (exact) mass is 199 g/mol. The van der Waals surface area contributed by atoms with Crippen molar-refractivity contribution in [1.29, 1.82) is 0 Å². The molecule has 0 fully saturated rings. The lowest BCUT2D eigenvalue weighted by atomic mass is 10.4. The molecule has 0 aliphatic rings. The zero-order valence-corrected chi connectivity index (χ0v) is 8.17. The molecule has 0 radical (unpaired) electrons. The number of halogens is 1. The van der Waals surface area contributed by atoms with Crippen LogP contribution in [-0.4, -0.2) is 17.9 Å². The van der Waals surface area contributed by atoms with Crippen LogP contribution in [0.3, 0.4) is 0 Å². The maximum atomic E-state index is 11.0. The second kappa shape index (κ2) is 3.62. The quantitative estimate of drug-likeness (QED) is 0.742. The van der Waals surface area contributed by atoms with E-state index in [0.29, 0.717) is 16.5 Å². The molecule has 5 heteroatoms. The number of carbonyl (C=O) groups is 1. The van der Waals surface area contributed by atoms with E-state index < -0.39 is 0 Å². The summed E-state index contributed by atoms with van der Waals surface area (Å²) in [5.74, 6) is 0.389. The van der Waals surface area contributed by atoms with Crippen LogP contribution in [0.4, 0.5) is 11.5 Å². The average Bonchev–Trinajstić information content (AvgIpc) is 2.08. The van der Waals surface area contributed by atoms with E-state index in [0.717, 1.165) is 0 Å². The van der Waals surface area contributed by atoms with E-state index in [1.54, 1.807) is 13.1 Å². The molecular weight excluding hydrogens is 190 g/mol. The highest BCUT2D eigenvalue weighted by Crippen LogP contribution is 2.21. The molecule has 4 nitrogen and oxygen atoms in total. The normalized spacial score (nSPS) is 9.77. The van der Waals surface area contributed by atoms with Crippen LogP contribution in [0.2, 0.25) is 5.02 Å². The highest BCUT2D eigenvalue weighted by molar-refractivity contribution is 6.33. The molecule has 13 heavy (non-hydrogen) atoms. The maximum absolute atomic E-state index is 11.0. The zero-order valence-electron chi connectivity index (χ0n) is 7.41. The van der Waals surface area contributed by atoms with Crippen LogP contribution in [-0.2, 0) is 4.79 Å². The second-order valence-electron chi connectivity index (χ2n) is 2.64. The first-order valence-corrected chi connectivity index (χ1v) is 4.05. The average molecular weight is 200 g/mol. The Morgan fingerprint density at radius 2 is 2.31 bits per heavy atom. The van der Waals surface area contributed by atoms with Crippen molar-refractivity contribution in [3.63, 3.8) is 0 Å². The number of hydrogen-bond donors (Lipinski definition) is 1.